The Hall–Kier alpha value is -3.21. The van der Waals surface area contributed by atoms with E-state index < -0.39 is 9.84 Å². The summed E-state index contributed by atoms with van der Waals surface area (Å²) in [5, 5.41) is 2.18. The normalized spacial score (nSPS) is 12.3. The molecule has 0 saturated heterocycles. The third-order valence-electron chi connectivity index (χ3n) is 4.72. The van der Waals surface area contributed by atoms with Gasteiger partial charge in [-0.2, -0.15) is 4.99 Å². The Labute approximate surface area is 178 Å². The molecule has 1 heterocycles. The number of benzene rings is 3. The molecule has 0 N–H and O–H groups in total. The van der Waals surface area contributed by atoms with Gasteiger partial charge in [0.15, 0.2) is 14.6 Å². The zero-order valence-electron chi connectivity index (χ0n) is 16.2. The summed E-state index contributed by atoms with van der Waals surface area (Å²) in [4.78, 5) is 17.6. The van der Waals surface area contributed by atoms with Crippen LogP contribution < -0.4 is 4.80 Å². The van der Waals surface area contributed by atoms with Gasteiger partial charge in [-0.1, -0.05) is 59.7 Å². The minimum atomic E-state index is -3.33. The predicted octanol–water partition coefficient (Wildman–Crippen LogP) is 3.56. The van der Waals surface area contributed by atoms with Gasteiger partial charge in [0, 0.05) is 6.26 Å². The summed E-state index contributed by atoms with van der Waals surface area (Å²) in [6.07, 6.45) is 6.83. The van der Waals surface area contributed by atoms with Crippen LogP contribution in [-0.4, -0.2) is 25.1 Å². The summed E-state index contributed by atoms with van der Waals surface area (Å²) in [6, 6.07) is 18.7. The number of hydrogen-bond acceptors (Lipinski definition) is 4. The Morgan fingerprint density at radius 1 is 1.10 bits per heavy atom. The number of thiazole rings is 1. The molecule has 4 aromatic rings. The second-order valence-electron chi connectivity index (χ2n) is 6.94. The SMILES string of the molecule is C#CCn1c(=NC(=O)Cc2ccc3ccccc3c2)sc2cc(S(C)(=O)=O)ccc21. The fraction of sp³-hybridized carbons (Fsp3) is 0.130. The van der Waals surface area contributed by atoms with E-state index in [1.165, 1.54) is 17.4 Å². The standard InChI is InChI=1S/C23H18N2O3S2/c1-3-12-25-20-11-10-19(30(2,27)28)15-21(20)29-23(25)24-22(26)14-16-8-9-17-6-4-5-7-18(17)13-16/h1,4-11,13,15H,12,14H2,2H3. The van der Waals surface area contributed by atoms with E-state index >= 15 is 0 Å². The maximum atomic E-state index is 12.7. The molecule has 4 rings (SSSR count). The maximum absolute atomic E-state index is 12.7. The molecule has 0 unspecified atom stereocenters. The number of aromatic nitrogens is 1. The molecule has 0 atom stereocenters. The van der Waals surface area contributed by atoms with Crippen LogP contribution in [0.2, 0.25) is 0 Å². The smallest absolute Gasteiger partial charge is 0.252 e. The van der Waals surface area contributed by atoms with Crippen molar-refractivity contribution in [2.45, 2.75) is 17.9 Å². The molecule has 5 nitrogen and oxygen atoms in total. The van der Waals surface area contributed by atoms with E-state index in [-0.39, 0.29) is 23.8 Å². The zero-order valence-corrected chi connectivity index (χ0v) is 17.8. The van der Waals surface area contributed by atoms with Gasteiger partial charge in [0.1, 0.15) is 0 Å². The van der Waals surface area contributed by atoms with Gasteiger partial charge in [0.05, 0.1) is 28.1 Å². The Kier molecular flexibility index (Phi) is 5.29. The molecule has 30 heavy (non-hydrogen) atoms. The zero-order chi connectivity index (χ0) is 21.3. The van der Waals surface area contributed by atoms with E-state index in [0.29, 0.717) is 9.50 Å². The fourth-order valence-electron chi connectivity index (χ4n) is 3.28. The van der Waals surface area contributed by atoms with Gasteiger partial charge < -0.3 is 4.57 Å². The van der Waals surface area contributed by atoms with Crippen LogP contribution in [0.15, 0.2) is 70.6 Å². The molecule has 1 amide bonds. The van der Waals surface area contributed by atoms with Crippen molar-refractivity contribution in [2.75, 3.05) is 6.26 Å². The number of nitrogens with zero attached hydrogens (tertiary/aromatic N) is 2. The van der Waals surface area contributed by atoms with Gasteiger partial charge in [-0.05, 0) is 34.5 Å². The van der Waals surface area contributed by atoms with Crippen LogP contribution in [0, 0.1) is 12.3 Å². The molecule has 0 radical (unpaired) electrons. The molecule has 0 bridgehead atoms. The molecule has 0 saturated carbocycles. The van der Waals surface area contributed by atoms with Crippen LogP contribution in [0.1, 0.15) is 5.56 Å². The Balaban J connectivity index is 1.73. The Morgan fingerprint density at radius 2 is 1.87 bits per heavy atom. The first-order valence-electron chi connectivity index (χ1n) is 9.17. The van der Waals surface area contributed by atoms with Crippen LogP contribution in [0.4, 0.5) is 0 Å². The molecule has 0 aliphatic rings. The lowest BCUT2D eigenvalue weighted by molar-refractivity contribution is -0.117. The first-order chi connectivity index (χ1) is 14.3. The van der Waals surface area contributed by atoms with Gasteiger partial charge in [0.25, 0.3) is 5.91 Å². The van der Waals surface area contributed by atoms with Crippen molar-refractivity contribution in [3.8, 4) is 12.3 Å². The highest BCUT2D eigenvalue weighted by molar-refractivity contribution is 7.90. The third-order valence-corrected chi connectivity index (χ3v) is 6.87. The summed E-state index contributed by atoms with van der Waals surface area (Å²) < 4.78 is 26.2. The minimum Gasteiger partial charge on any atom is -0.305 e. The van der Waals surface area contributed by atoms with Gasteiger partial charge in [0.2, 0.25) is 0 Å². The number of rotatable bonds is 4. The van der Waals surface area contributed by atoms with E-state index in [4.69, 9.17) is 6.42 Å². The van der Waals surface area contributed by atoms with E-state index in [2.05, 4.69) is 10.9 Å². The first-order valence-corrected chi connectivity index (χ1v) is 11.9. The number of fused-ring (bicyclic) bond motifs is 2. The van der Waals surface area contributed by atoms with E-state index in [0.717, 1.165) is 28.1 Å². The molecular formula is C23H18N2O3S2. The van der Waals surface area contributed by atoms with E-state index in [1.807, 2.05) is 42.5 Å². The predicted molar refractivity (Wildman–Crippen MR) is 120 cm³/mol. The van der Waals surface area contributed by atoms with Crippen molar-refractivity contribution >= 4 is 48.1 Å². The highest BCUT2D eigenvalue weighted by Crippen LogP contribution is 2.22. The Bertz CT molecular complexity index is 1500. The molecule has 150 valence electrons. The van der Waals surface area contributed by atoms with Crippen molar-refractivity contribution in [3.05, 3.63) is 71.0 Å². The number of hydrogen-bond donors (Lipinski definition) is 0. The highest BCUT2D eigenvalue weighted by Gasteiger charge is 2.13. The molecule has 0 aliphatic heterocycles. The average Bonchev–Trinajstić information content (AvgIpc) is 3.04. The first kappa shape index (κ1) is 20.1. The summed E-state index contributed by atoms with van der Waals surface area (Å²) in [5.74, 6) is 2.28. The topological polar surface area (TPSA) is 68.5 Å². The number of terminal acetylenes is 1. The van der Waals surface area contributed by atoms with Crippen LogP contribution in [0.3, 0.4) is 0 Å². The van der Waals surface area contributed by atoms with Gasteiger partial charge in [-0.3, -0.25) is 4.79 Å². The van der Waals surface area contributed by atoms with Crippen molar-refractivity contribution in [1.29, 1.82) is 0 Å². The lowest BCUT2D eigenvalue weighted by Gasteiger charge is -2.02. The van der Waals surface area contributed by atoms with Gasteiger partial charge in [-0.25, -0.2) is 8.42 Å². The van der Waals surface area contributed by atoms with Gasteiger partial charge >= 0.3 is 0 Å². The maximum Gasteiger partial charge on any atom is 0.252 e. The molecular weight excluding hydrogens is 416 g/mol. The lowest BCUT2D eigenvalue weighted by atomic mass is 10.1. The Morgan fingerprint density at radius 3 is 2.60 bits per heavy atom. The molecule has 7 heteroatoms. The van der Waals surface area contributed by atoms with E-state index in [9.17, 15) is 13.2 Å². The fourth-order valence-corrected chi connectivity index (χ4v) is 5.09. The quantitative estimate of drug-likeness (QED) is 0.461. The average molecular weight is 435 g/mol. The van der Waals surface area contributed by atoms with Crippen molar-refractivity contribution in [1.82, 2.24) is 4.57 Å². The summed E-state index contributed by atoms with van der Waals surface area (Å²) in [5.41, 5.74) is 1.63. The number of carbonyl (C=O) groups is 1. The van der Waals surface area contributed by atoms with E-state index in [1.54, 1.807) is 16.7 Å². The van der Waals surface area contributed by atoms with Crippen LogP contribution in [0.25, 0.3) is 21.0 Å². The number of sulfone groups is 1. The van der Waals surface area contributed by atoms with Crippen LogP contribution >= 0.6 is 11.3 Å². The number of carbonyl (C=O) groups excluding carboxylic acids is 1. The van der Waals surface area contributed by atoms with Crippen molar-refractivity contribution in [3.63, 3.8) is 0 Å². The lowest BCUT2D eigenvalue weighted by Crippen LogP contribution is -2.17. The molecule has 0 fully saturated rings. The minimum absolute atomic E-state index is 0.170. The molecule has 0 aliphatic carbocycles. The van der Waals surface area contributed by atoms with Crippen molar-refractivity contribution < 1.29 is 13.2 Å². The van der Waals surface area contributed by atoms with Crippen LogP contribution in [0.5, 0.6) is 0 Å². The third kappa shape index (κ3) is 4.06. The highest BCUT2D eigenvalue weighted by atomic mass is 32.2. The second kappa shape index (κ2) is 7.90. The van der Waals surface area contributed by atoms with Gasteiger partial charge in [-0.15, -0.1) is 6.42 Å². The monoisotopic (exact) mass is 434 g/mol. The molecule has 1 aromatic heterocycles. The van der Waals surface area contributed by atoms with Crippen LogP contribution in [-0.2, 0) is 27.6 Å². The summed E-state index contributed by atoms with van der Waals surface area (Å²) >= 11 is 1.25. The molecule has 3 aromatic carbocycles. The second-order valence-corrected chi connectivity index (χ2v) is 9.97. The number of amides is 1. The summed E-state index contributed by atoms with van der Waals surface area (Å²) in [6.45, 7) is 0.236. The van der Waals surface area contributed by atoms with Crippen molar-refractivity contribution in [2.24, 2.45) is 4.99 Å². The summed E-state index contributed by atoms with van der Waals surface area (Å²) in [7, 11) is -3.33. The molecule has 0 spiro atoms. The largest absolute Gasteiger partial charge is 0.305 e.